The number of nitrogens with zero attached hydrogens (tertiary/aromatic N) is 5. The molecule has 0 saturated heterocycles. The summed E-state index contributed by atoms with van der Waals surface area (Å²) >= 11 is 6.18. The molecule has 1 saturated carbocycles. The Hall–Kier alpha value is -3.46. The van der Waals surface area contributed by atoms with Gasteiger partial charge >= 0.3 is 5.97 Å². The molecule has 39 heavy (non-hydrogen) atoms. The van der Waals surface area contributed by atoms with E-state index in [-0.39, 0.29) is 28.8 Å². The molecule has 3 rings (SSSR count). The molecule has 1 aliphatic carbocycles. The lowest BCUT2D eigenvalue weighted by Crippen LogP contribution is -2.29. The minimum absolute atomic E-state index is 0.0419. The van der Waals surface area contributed by atoms with Crippen LogP contribution in [0.5, 0.6) is 0 Å². The molecule has 0 radical (unpaired) electrons. The number of hydrogen-bond acceptors (Lipinski definition) is 5. The summed E-state index contributed by atoms with van der Waals surface area (Å²) in [6.07, 6.45) is 12.0. The number of alkyl halides is 1. The summed E-state index contributed by atoms with van der Waals surface area (Å²) in [5, 5.41) is 10.1. The van der Waals surface area contributed by atoms with Crippen LogP contribution in [0.3, 0.4) is 0 Å². The van der Waals surface area contributed by atoms with Crippen LogP contribution in [0.1, 0.15) is 68.7 Å². The van der Waals surface area contributed by atoms with E-state index in [1.807, 2.05) is 0 Å². The van der Waals surface area contributed by atoms with Crippen molar-refractivity contribution in [2.75, 3.05) is 0 Å². The van der Waals surface area contributed by atoms with Crippen LogP contribution in [0.4, 0.5) is 8.78 Å². The fourth-order valence-electron chi connectivity index (χ4n) is 4.81. The number of carboxylic acids is 1. The first-order valence-corrected chi connectivity index (χ1v) is 13.2. The van der Waals surface area contributed by atoms with Crippen molar-refractivity contribution >= 4 is 17.6 Å². The number of pyridine rings is 1. The molecule has 0 aromatic carbocycles. The molecule has 0 spiro atoms. The van der Waals surface area contributed by atoms with Crippen LogP contribution in [0.15, 0.2) is 60.9 Å². The summed E-state index contributed by atoms with van der Waals surface area (Å²) in [4.78, 5) is 28.9. The molecule has 1 atom stereocenters. The Bertz CT molecular complexity index is 1340. The molecule has 0 bridgehead atoms. The Morgan fingerprint density at radius 3 is 2.54 bits per heavy atom. The third-order valence-electron chi connectivity index (χ3n) is 6.83. The van der Waals surface area contributed by atoms with E-state index in [0.717, 1.165) is 31.8 Å². The predicted octanol–water partition coefficient (Wildman–Crippen LogP) is 7.52. The zero-order valence-corrected chi connectivity index (χ0v) is 23.4. The van der Waals surface area contributed by atoms with Crippen molar-refractivity contribution in [1.82, 2.24) is 24.5 Å². The highest BCUT2D eigenvalue weighted by Crippen LogP contribution is 2.38. The summed E-state index contributed by atoms with van der Waals surface area (Å²) in [5.41, 5.74) is -2.12. The van der Waals surface area contributed by atoms with Crippen LogP contribution < -0.4 is 0 Å². The molecule has 2 heterocycles. The van der Waals surface area contributed by atoms with E-state index in [4.69, 9.17) is 11.6 Å². The van der Waals surface area contributed by atoms with Gasteiger partial charge in [0.1, 0.15) is 11.7 Å². The maximum Gasteiger partial charge on any atom is 0.374 e. The molecule has 1 N–H and O–H groups in total. The third kappa shape index (κ3) is 7.56. The molecule has 1 aliphatic rings. The van der Waals surface area contributed by atoms with Gasteiger partial charge in [0, 0.05) is 36.3 Å². The summed E-state index contributed by atoms with van der Waals surface area (Å²) < 4.78 is 33.6. The number of aromatic carboxylic acids is 1. The summed E-state index contributed by atoms with van der Waals surface area (Å²) in [5.74, 6) is -2.12. The van der Waals surface area contributed by atoms with E-state index in [1.54, 1.807) is 10.6 Å². The van der Waals surface area contributed by atoms with Crippen molar-refractivity contribution in [3.8, 4) is 11.3 Å². The van der Waals surface area contributed by atoms with E-state index < -0.39 is 23.3 Å². The molecule has 2 aromatic heterocycles. The standard InChI is InChI=1S/C29H34ClF2N5O2/c1-6-8-24(31)23(7-2)29(5,32)28-35-19(4)34-26(27(38)39)36-25(21-13-22(30)15-33-14-21)17-37(28)16-20-11-9-18(3)10-12-20/h6-8,13-15,17-18,20H,1,9-12,16H2,2-5H3,(H,38,39)/b23-7+,24-8+,25-17?,34-19?,35-28?,36-26?/t18-,20-,29?. The Morgan fingerprint density at radius 1 is 1.26 bits per heavy atom. The SMILES string of the molecule is C=C/C=C(F)\C(=C/C)C(C)(F)c1nc(C)nc(C(=O)O)nc(-c2cncc(Cl)c2)cn1C[C@H]1CC[C@H](C)CC1. The Balaban J connectivity index is 2.43. The van der Waals surface area contributed by atoms with Crippen molar-refractivity contribution in [1.29, 1.82) is 0 Å². The van der Waals surface area contributed by atoms with Crippen molar-refractivity contribution in [2.45, 2.75) is 65.6 Å². The van der Waals surface area contributed by atoms with E-state index in [1.165, 1.54) is 51.5 Å². The maximum atomic E-state index is 16.9. The number of carbonyl (C=O) groups is 1. The lowest BCUT2D eigenvalue weighted by atomic mass is 9.83. The van der Waals surface area contributed by atoms with Crippen LogP contribution in [0.25, 0.3) is 11.3 Å². The average Bonchev–Trinajstić information content (AvgIpc) is 2.94. The van der Waals surface area contributed by atoms with E-state index in [2.05, 4.69) is 33.4 Å². The van der Waals surface area contributed by atoms with Crippen molar-refractivity contribution in [2.24, 2.45) is 11.8 Å². The Morgan fingerprint density at radius 2 is 1.95 bits per heavy atom. The lowest BCUT2D eigenvalue weighted by molar-refractivity contribution is 0.0683. The van der Waals surface area contributed by atoms with Crippen LogP contribution in [-0.2, 0) is 12.2 Å². The minimum Gasteiger partial charge on any atom is -0.475 e. The van der Waals surface area contributed by atoms with Crippen LogP contribution >= 0.6 is 11.6 Å². The van der Waals surface area contributed by atoms with Gasteiger partial charge in [-0.1, -0.05) is 50.1 Å². The monoisotopic (exact) mass is 557 g/mol. The van der Waals surface area contributed by atoms with Gasteiger partial charge in [-0.25, -0.2) is 28.5 Å². The smallest absolute Gasteiger partial charge is 0.374 e. The second-order valence-electron chi connectivity index (χ2n) is 9.98. The summed E-state index contributed by atoms with van der Waals surface area (Å²) in [6.45, 7) is 10.3. The highest BCUT2D eigenvalue weighted by atomic mass is 35.5. The van der Waals surface area contributed by atoms with Crippen molar-refractivity contribution < 1.29 is 18.7 Å². The van der Waals surface area contributed by atoms with E-state index >= 15 is 8.78 Å². The highest BCUT2D eigenvalue weighted by molar-refractivity contribution is 6.30. The largest absolute Gasteiger partial charge is 0.475 e. The molecule has 0 amide bonds. The number of carboxylic acid groups (broad SMARTS) is 1. The number of hydrogen-bond donors (Lipinski definition) is 1. The van der Waals surface area contributed by atoms with Gasteiger partial charge < -0.3 is 9.67 Å². The zero-order valence-electron chi connectivity index (χ0n) is 22.7. The molecule has 208 valence electrons. The van der Waals surface area contributed by atoms with Gasteiger partial charge in [0.25, 0.3) is 0 Å². The second-order valence-corrected chi connectivity index (χ2v) is 10.4. The Labute approximate surface area is 232 Å². The van der Waals surface area contributed by atoms with Gasteiger partial charge in [0.2, 0.25) is 5.82 Å². The first kappa shape index (κ1) is 30.1. The number of rotatable bonds is 8. The van der Waals surface area contributed by atoms with Crippen molar-refractivity contribution in [3.05, 3.63) is 83.4 Å². The minimum atomic E-state index is -2.43. The lowest BCUT2D eigenvalue weighted by Gasteiger charge is -2.30. The molecule has 1 fully saturated rings. The van der Waals surface area contributed by atoms with Crippen molar-refractivity contribution in [3.63, 3.8) is 0 Å². The van der Waals surface area contributed by atoms with Gasteiger partial charge in [-0.15, -0.1) is 0 Å². The van der Waals surface area contributed by atoms with Gasteiger partial charge in [-0.05, 0) is 57.6 Å². The molecule has 2 aromatic rings. The van der Waals surface area contributed by atoms with E-state index in [9.17, 15) is 9.90 Å². The Kier molecular flexibility index (Phi) is 10.1. The molecule has 1 unspecified atom stereocenters. The number of allylic oxidation sites excluding steroid dienone is 5. The molecular weight excluding hydrogens is 524 g/mol. The molecule has 0 aliphatic heterocycles. The van der Waals surface area contributed by atoms with Gasteiger partial charge in [0.05, 0.1) is 10.7 Å². The van der Waals surface area contributed by atoms with Crippen LogP contribution in [-0.4, -0.2) is 35.6 Å². The maximum absolute atomic E-state index is 16.9. The number of aryl methyl sites for hydroxylation is 1. The number of halogens is 3. The fourth-order valence-corrected chi connectivity index (χ4v) is 4.98. The number of aromatic nitrogens is 5. The van der Waals surface area contributed by atoms with Gasteiger partial charge in [-0.2, -0.15) is 0 Å². The first-order valence-electron chi connectivity index (χ1n) is 12.9. The van der Waals surface area contributed by atoms with Crippen LogP contribution in [0.2, 0.25) is 5.02 Å². The van der Waals surface area contributed by atoms with Gasteiger partial charge in [-0.3, -0.25) is 4.98 Å². The topological polar surface area (TPSA) is 93.8 Å². The first-order chi connectivity index (χ1) is 18.5. The van der Waals surface area contributed by atoms with Gasteiger partial charge in [0.15, 0.2) is 11.5 Å². The van der Waals surface area contributed by atoms with Crippen LogP contribution in [0, 0.1) is 18.8 Å². The third-order valence-corrected chi connectivity index (χ3v) is 7.04. The van der Waals surface area contributed by atoms with E-state index in [0.29, 0.717) is 23.0 Å². The zero-order chi connectivity index (χ0) is 28.7. The average molecular weight is 558 g/mol. The predicted molar refractivity (Wildman–Crippen MR) is 148 cm³/mol. The molecule has 10 heteroatoms. The normalized spacial score (nSPS) is 19.7. The quantitative estimate of drug-likeness (QED) is 0.337. The summed E-state index contributed by atoms with van der Waals surface area (Å²) in [6, 6.07) is 1.58. The molecule has 7 nitrogen and oxygen atoms in total. The fraction of sp³-hybridized carbons (Fsp3) is 0.414. The molecular formula is C29H34ClF2N5O2. The highest BCUT2D eigenvalue weighted by Gasteiger charge is 2.37. The second kappa shape index (κ2) is 13.1. The summed E-state index contributed by atoms with van der Waals surface area (Å²) in [7, 11) is 0.